The van der Waals surface area contributed by atoms with Gasteiger partial charge in [0, 0.05) is 27.1 Å². The standard InChI is InChI=1S/C11H15N5S2/c1-12-10-15-14-9(18-10)8-7(6-4-5-6)13-11(17-8)16(2)3/h6H,4-5H2,1-3H3,(H,12,15). The van der Waals surface area contributed by atoms with E-state index < -0.39 is 0 Å². The highest BCUT2D eigenvalue weighted by Gasteiger charge is 2.31. The molecule has 1 aliphatic carbocycles. The number of nitrogens with zero attached hydrogens (tertiary/aromatic N) is 4. The highest BCUT2D eigenvalue weighted by molar-refractivity contribution is 7.25. The Kier molecular flexibility index (Phi) is 2.95. The Morgan fingerprint density at radius 3 is 2.56 bits per heavy atom. The Balaban J connectivity index is 2.03. The predicted octanol–water partition coefficient (Wildman–Crippen LogP) is 2.65. The highest BCUT2D eigenvalue weighted by Crippen LogP contribution is 2.48. The van der Waals surface area contributed by atoms with Crippen molar-refractivity contribution in [1.82, 2.24) is 15.2 Å². The third-order valence-corrected chi connectivity index (χ3v) is 5.15. The Hall–Kier alpha value is -1.21. The number of nitrogens with one attached hydrogen (secondary N) is 1. The fraction of sp³-hybridized carbons (Fsp3) is 0.545. The number of hydrogen-bond acceptors (Lipinski definition) is 7. The van der Waals surface area contributed by atoms with Crippen molar-refractivity contribution in [3.05, 3.63) is 5.69 Å². The normalized spacial score (nSPS) is 14.8. The molecule has 0 aromatic carbocycles. The average molecular weight is 281 g/mol. The largest absolute Gasteiger partial charge is 0.363 e. The summed E-state index contributed by atoms with van der Waals surface area (Å²) in [6, 6.07) is 0. The second kappa shape index (κ2) is 4.47. The first-order valence-corrected chi connectivity index (χ1v) is 7.52. The van der Waals surface area contributed by atoms with Crippen LogP contribution in [0.4, 0.5) is 10.3 Å². The molecule has 0 bridgehead atoms. The van der Waals surface area contributed by atoms with Crippen LogP contribution in [0.15, 0.2) is 0 Å². The van der Waals surface area contributed by atoms with E-state index in [1.165, 1.54) is 23.4 Å². The minimum absolute atomic E-state index is 0.631. The van der Waals surface area contributed by atoms with E-state index >= 15 is 0 Å². The molecule has 3 rings (SSSR count). The van der Waals surface area contributed by atoms with Gasteiger partial charge in [-0.05, 0) is 12.8 Å². The molecule has 0 spiro atoms. The molecule has 0 atom stereocenters. The lowest BCUT2D eigenvalue weighted by molar-refractivity contribution is 1.01. The van der Waals surface area contributed by atoms with Gasteiger partial charge in [-0.2, -0.15) is 0 Å². The average Bonchev–Trinajstić information content (AvgIpc) is 2.94. The summed E-state index contributed by atoms with van der Waals surface area (Å²) in [4.78, 5) is 8.00. The van der Waals surface area contributed by atoms with Crippen LogP contribution < -0.4 is 10.2 Å². The predicted molar refractivity (Wildman–Crippen MR) is 76.9 cm³/mol. The summed E-state index contributed by atoms with van der Waals surface area (Å²) < 4.78 is 0. The summed E-state index contributed by atoms with van der Waals surface area (Å²) in [6.45, 7) is 0. The molecule has 0 amide bonds. The van der Waals surface area contributed by atoms with E-state index in [1.807, 2.05) is 21.1 Å². The van der Waals surface area contributed by atoms with E-state index in [0.717, 1.165) is 15.3 Å². The van der Waals surface area contributed by atoms with Crippen molar-refractivity contribution in [3.63, 3.8) is 0 Å². The monoisotopic (exact) mass is 281 g/mol. The van der Waals surface area contributed by atoms with Gasteiger partial charge in [-0.1, -0.05) is 22.7 Å². The van der Waals surface area contributed by atoms with Gasteiger partial charge in [0.15, 0.2) is 10.1 Å². The highest BCUT2D eigenvalue weighted by atomic mass is 32.1. The summed E-state index contributed by atoms with van der Waals surface area (Å²) in [5.74, 6) is 0.631. The topological polar surface area (TPSA) is 53.9 Å². The van der Waals surface area contributed by atoms with E-state index in [9.17, 15) is 0 Å². The zero-order valence-electron chi connectivity index (χ0n) is 10.6. The fourth-order valence-corrected chi connectivity index (χ4v) is 3.56. The molecule has 18 heavy (non-hydrogen) atoms. The number of thiazole rings is 1. The maximum Gasteiger partial charge on any atom is 0.205 e. The van der Waals surface area contributed by atoms with Gasteiger partial charge in [0.2, 0.25) is 5.13 Å². The third kappa shape index (κ3) is 2.08. The third-order valence-electron chi connectivity index (χ3n) is 2.82. The zero-order chi connectivity index (χ0) is 12.7. The molecule has 2 heterocycles. The van der Waals surface area contributed by atoms with Crippen molar-refractivity contribution in [1.29, 1.82) is 0 Å². The van der Waals surface area contributed by atoms with Gasteiger partial charge in [-0.3, -0.25) is 0 Å². The second-order valence-corrected chi connectivity index (χ2v) is 6.50. The molecule has 0 aliphatic heterocycles. The van der Waals surface area contributed by atoms with Crippen molar-refractivity contribution in [2.24, 2.45) is 0 Å². The Bertz CT molecular complexity index is 556. The SMILES string of the molecule is CNc1nnc(-c2sc(N(C)C)nc2C2CC2)s1. The molecule has 96 valence electrons. The molecule has 2 aromatic heterocycles. The Morgan fingerprint density at radius 1 is 1.22 bits per heavy atom. The van der Waals surface area contributed by atoms with Crippen LogP contribution in [0.25, 0.3) is 9.88 Å². The van der Waals surface area contributed by atoms with Crippen molar-refractivity contribution >= 4 is 32.9 Å². The summed E-state index contributed by atoms with van der Waals surface area (Å²) >= 11 is 3.30. The fourth-order valence-electron chi connectivity index (χ4n) is 1.71. The van der Waals surface area contributed by atoms with E-state index in [-0.39, 0.29) is 0 Å². The van der Waals surface area contributed by atoms with Crippen LogP contribution in [-0.4, -0.2) is 36.3 Å². The van der Waals surface area contributed by atoms with E-state index in [1.54, 1.807) is 22.7 Å². The van der Waals surface area contributed by atoms with E-state index in [4.69, 9.17) is 4.98 Å². The smallest absolute Gasteiger partial charge is 0.205 e. The van der Waals surface area contributed by atoms with Crippen molar-refractivity contribution in [3.8, 4) is 9.88 Å². The minimum Gasteiger partial charge on any atom is -0.363 e. The number of aromatic nitrogens is 3. The first kappa shape index (κ1) is 11.9. The molecule has 7 heteroatoms. The summed E-state index contributed by atoms with van der Waals surface area (Å²) in [7, 11) is 5.92. The summed E-state index contributed by atoms with van der Waals surface area (Å²) in [5.41, 5.74) is 1.21. The van der Waals surface area contributed by atoms with Crippen LogP contribution in [0.5, 0.6) is 0 Å². The molecule has 0 radical (unpaired) electrons. The molecule has 1 saturated carbocycles. The van der Waals surface area contributed by atoms with Gasteiger partial charge in [0.05, 0.1) is 10.6 Å². The van der Waals surface area contributed by atoms with Gasteiger partial charge in [0.1, 0.15) is 0 Å². The maximum atomic E-state index is 4.75. The molecule has 2 aromatic rings. The zero-order valence-corrected chi connectivity index (χ0v) is 12.2. The van der Waals surface area contributed by atoms with Crippen LogP contribution in [-0.2, 0) is 0 Å². The van der Waals surface area contributed by atoms with Crippen molar-refractivity contribution in [2.75, 3.05) is 31.4 Å². The lowest BCUT2D eigenvalue weighted by atomic mass is 10.2. The molecule has 1 aliphatic rings. The van der Waals surface area contributed by atoms with Crippen LogP contribution in [0.1, 0.15) is 24.5 Å². The lowest BCUT2D eigenvalue weighted by Crippen LogP contribution is -2.07. The van der Waals surface area contributed by atoms with Crippen molar-refractivity contribution < 1.29 is 0 Å². The van der Waals surface area contributed by atoms with Crippen LogP contribution >= 0.6 is 22.7 Å². The molecular weight excluding hydrogens is 266 g/mol. The summed E-state index contributed by atoms with van der Waals surface area (Å²) in [6.07, 6.45) is 2.50. The van der Waals surface area contributed by atoms with Crippen LogP contribution in [0.3, 0.4) is 0 Å². The van der Waals surface area contributed by atoms with E-state index in [2.05, 4.69) is 20.4 Å². The van der Waals surface area contributed by atoms with Gasteiger partial charge in [-0.25, -0.2) is 4.98 Å². The number of anilines is 2. The molecule has 1 fully saturated rings. The van der Waals surface area contributed by atoms with Gasteiger partial charge >= 0.3 is 0 Å². The molecule has 1 N–H and O–H groups in total. The van der Waals surface area contributed by atoms with E-state index in [0.29, 0.717) is 5.92 Å². The maximum absolute atomic E-state index is 4.75. The molecule has 5 nitrogen and oxygen atoms in total. The molecular formula is C11H15N5S2. The van der Waals surface area contributed by atoms with Crippen molar-refractivity contribution in [2.45, 2.75) is 18.8 Å². The second-order valence-electron chi connectivity index (χ2n) is 4.54. The lowest BCUT2D eigenvalue weighted by Gasteiger charge is -2.05. The number of rotatable bonds is 4. The Labute approximate surface area is 114 Å². The van der Waals surface area contributed by atoms with Crippen LogP contribution in [0.2, 0.25) is 0 Å². The molecule has 0 unspecified atom stereocenters. The van der Waals surface area contributed by atoms with Gasteiger partial charge < -0.3 is 10.2 Å². The van der Waals surface area contributed by atoms with Gasteiger partial charge in [-0.15, -0.1) is 10.2 Å². The molecule has 0 saturated heterocycles. The Morgan fingerprint density at radius 2 is 2.00 bits per heavy atom. The minimum atomic E-state index is 0.631. The number of hydrogen-bond donors (Lipinski definition) is 1. The van der Waals surface area contributed by atoms with Crippen LogP contribution in [0, 0.1) is 0 Å². The van der Waals surface area contributed by atoms with Gasteiger partial charge in [0.25, 0.3) is 0 Å². The first-order valence-electron chi connectivity index (χ1n) is 5.88. The quantitative estimate of drug-likeness (QED) is 0.933. The summed E-state index contributed by atoms with van der Waals surface area (Å²) in [5, 5.41) is 14.3. The first-order chi connectivity index (χ1) is 8.69.